The molecule has 1 N–H and O–H groups in total. The Balaban J connectivity index is 2.02. The zero-order chi connectivity index (χ0) is 17.0. The number of ether oxygens (including phenoxy) is 1. The normalized spacial score (nSPS) is 11.1. The maximum absolute atomic E-state index is 12.1. The third-order valence-corrected chi connectivity index (χ3v) is 4.82. The standard InChI is InChI=1S/C15H15ClN2O4S/c1-10-4-3-7-17-15(10)23(20,21)18-14(19)9-22-12-5-6-13(16)11(2)8-12/h3-8H,9H2,1-2H3,(H,18,19). The van der Waals surface area contributed by atoms with E-state index in [2.05, 4.69) is 4.98 Å². The fourth-order valence-corrected chi connectivity index (χ4v) is 3.10. The molecule has 2 rings (SSSR count). The van der Waals surface area contributed by atoms with Gasteiger partial charge in [-0.2, -0.15) is 8.42 Å². The number of pyridine rings is 1. The van der Waals surface area contributed by atoms with Gasteiger partial charge in [0.1, 0.15) is 5.75 Å². The first kappa shape index (κ1) is 17.2. The van der Waals surface area contributed by atoms with Crippen molar-refractivity contribution < 1.29 is 17.9 Å². The van der Waals surface area contributed by atoms with Crippen LogP contribution in [0, 0.1) is 13.8 Å². The molecule has 0 unspecified atom stereocenters. The number of amides is 1. The van der Waals surface area contributed by atoms with Gasteiger partial charge in [-0.15, -0.1) is 0 Å². The molecule has 0 atom stereocenters. The van der Waals surface area contributed by atoms with E-state index in [9.17, 15) is 13.2 Å². The van der Waals surface area contributed by atoms with E-state index in [1.54, 1.807) is 44.2 Å². The number of rotatable bonds is 5. The highest BCUT2D eigenvalue weighted by atomic mass is 35.5. The quantitative estimate of drug-likeness (QED) is 0.890. The molecule has 0 bridgehead atoms. The molecule has 0 aliphatic rings. The topological polar surface area (TPSA) is 85.4 Å². The lowest BCUT2D eigenvalue weighted by molar-refractivity contribution is -0.121. The number of hydrogen-bond donors (Lipinski definition) is 1. The van der Waals surface area contributed by atoms with Crippen LogP contribution in [0.2, 0.25) is 5.02 Å². The minimum absolute atomic E-state index is 0.185. The summed E-state index contributed by atoms with van der Waals surface area (Å²) >= 11 is 5.89. The molecule has 1 amide bonds. The lowest BCUT2D eigenvalue weighted by atomic mass is 10.2. The number of benzene rings is 1. The van der Waals surface area contributed by atoms with Crippen LogP contribution in [-0.4, -0.2) is 25.9 Å². The Morgan fingerprint density at radius 1 is 1.26 bits per heavy atom. The lowest BCUT2D eigenvalue weighted by Crippen LogP contribution is -2.35. The molecular formula is C15H15ClN2O4S. The summed E-state index contributed by atoms with van der Waals surface area (Å²) in [6.45, 7) is 2.95. The average Bonchev–Trinajstić information content (AvgIpc) is 2.48. The first-order valence-electron chi connectivity index (χ1n) is 6.66. The van der Waals surface area contributed by atoms with Crippen LogP contribution < -0.4 is 9.46 Å². The summed E-state index contributed by atoms with van der Waals surface area (Å²) < 4.78 is 31.4. The largest absolute Gasteiger partial charge is 0.484 e. The number of nitrogens with zero attached hydrogens (tertiary/aromatic N) is 1. The van der Waals surface area contributed by atoms with Gasteiger partial charge >= 0.3 is 0 Å². The number of carbonyl (C=O) groups is 1. The first-order chi connectivity index (χ1) is 10.8. The van der Waals surface area contributed by atoms with E-state index in [4.69, 9.17) is 16.3 Å². The molecule has 1 heterocycles. The second-order valence-electron chi connectivity index (χ2n) is 4.85. The molecular weight excluding hydrogens is 340 g/mol. The number of hydrogen-bond acceptors (Lipinski definition) is 5. The highest BCUT2D eigenvalue weighted by Gasteiger charge is 2.21. The van der Waals surface area contributed by atoms with Crippen molar-refractivity contribution >= 4 is 27.5 Å². The van der Waals surface area contributed by atoms with Crippen molar-refractivity contribution in [3.63, 3.8) is 0 Å². The Bertz CT molecular complexity index is 837. The van der Waals surface area contributed by atoms with Crippen molar-refractivity contribution in [1.29, 1.82) is 0 Å². The SMILES string of the molecule is Cc1cc(OCC(=O)NS(=O)(=O)c2ncccc2C)ccc1Cl. The number of halogens is 1. The molecule has 1 aromatic carbocycles. The zero-order valence-electron chi connectivity index (χ0n) is 12.5. The van der Waals surface area contributed by atoms with Crippen molar-refractivity contribution in [3.8, 4) is 5.75 Å². The molecule has 0 saturated heterocycles. The van der Waals surface area contributed by atoms with E-state index in [1.165, 1.54) is 6.20 Å². The van der Waals surface area contributed by atoms with Crippen molar-refractivity contribution in [1.82, 2.24) is 9.71 Å². The van der Waals surface area contributed by atoms with E-state index in [0.29, 0.717) is 16.3 Å². The van der Waals surface area contributed by atoms with Crippen molar-refractivity contribution in [3.05, 3.63) is 52.7 Å². The first-order valence-corrected chi connectivity index (χ1v) is 8.52. The number of sulfonamides is 1. The smallest absolute Gasteiger partial charge is 0.281 e. The highest BCUT2D eigenvalue weighted by Crippen LogP contribution is 2.21. The fourth-order valence-electron chi connectivity index (χ4n) is 1.84. The Kier molecular flexibility index (Phi) is 5.23. The van der Waals surface area contributed by atoms with Crippen LogP contribution in [-0.2, 0) is 14.8 Å². The predicted octanol–water partition coefficient (Wildman–Crippen LogP) is 2.24. The molecule has 2 aromatic rings. The van der Waals surface area contributed by atoms with E-state index in [0.717, 1.165) is 5.56 Å². The molecule has 8 heteroatoms. The second-order valence-corrected chi connectivity index (χ2v) is 6.86. The number of nitrogens with one attached hydrogen (secondary N) is 1. The van der Waals surface area contributed by atoms with Gasteiger partial charge in [0.25, 0.3) is 15.9 Å². The fraction of sp³-hybridized carbons (Fsp3) is 0.200. The number of carbonyl (C=O) groups excluding carboxylic acids is 1. The van der Waals surface area contributed by atoms with Gasteiger partial charge in [-0.1, -0.05) is 17.7 Å². The van der Waals surface area contributed by atoms with Gasteiger partial charge in [0.2, 0.25) is 0 Å². The van der Waals surface area contributed by atoms with Gasteiger partial charge in [-0.05, 0) is 49.2 Å². The number of aryl methyl sites for hydroxylation is 2. The molecule has 23 heavy (non-hydrogen) atoms. The summed E-state index contributed by atoms with van der Waals surface area (Å²) in [5, 5.41) is 0.394. The summed E-state index contributed by atoms with van der Waals surface area (Å²) in [6, 6.07) is 8.10. The highest BCUT2D eigenvalue weighted by molar-refractivity contribution is 7.90. The monoisotopic (exact) mass is 354 g/mol. The maximum Gasteiger partial charge on any atom is 0.281 e. The third-order valence-electron chi connectivity index (χ3n) is 2.96. The zero-order valence-corrected chi connectivity index (χ0v) is 14.1. The van der Waals surface area contributed by atoms with Crippen LogP contribution in [0.4, 0.5) is 0 Å². The molecule has 0 aliphatic heterocycles. The Hall–Kier alpha value is -2.12. The third kappa shape index (κ3) is 4.43. The minimum atomic E-state index is -4.02. The average molecular weight is 355 g/mol. The predicted molar refractivity (Wildman–Crippen MR) is 86.0 cm³/mol. The molecule has 6 nitrogen and oxygen atoms in total. The van der Waals surface area contributed by atoms with E-state index >= 15 is 0 Å². The summed E-state index contributed by atoms with van der Waals surface area (Å²) in [5.74, 6) is -0.365. The minimum Gasteiger partial charge on any atom is -0.484 e. The summed E-state index contributed by atoms with van der Waals surface area (Å²) in [7, 11) is -4.02. The van der Waals surface area contributed by atoms with Gasteiger partial charge < -0.3 is 4.74 Å². The molecule has 0 fully saturated rings. The molecule has 0 aliphatic carbocycles. The second kappa shape index (κ2) is 6.97. The van der Waals surface area contributed by atoms with Crippen molar-refractivity contribution in [2.24, 2.45) is 0 Å². The van der Waals surface area contributed by atoms with Crippen LogP contribution in [0.5, 0.6) is 5.75 Å². The molecule has 0 saturated carbocycles. The van der Waals surface area contributed by atoms with Gasteiger partial charge in [-0.3, -0.25) is 4.79 Å². The van der Waals surface area contributed by atoms with E-state index in [1.807, 2.05) is 4.72 Å². The van der Waals surface area contributed by atoms with Crippen LogP contribution in [0.25, 0.3) is 0 Å². The molecule has 122 valence electrons. The van der Waals surface area contributed by atoms with Crippen molar-refractivity contribution in [2.75, 3.05) is 6.61 Å². The number of aromatic nitrogens is 1. The summed E-state index contributed by atoms with van der Waals surface area (Å²) in [6.07, 6.45) is 1.35. The van der Waals surface area contributed by atoms with Gasteiger partial charge in [0.15, 0.2) is 11.6 Å². The summed E-state index contributed by atoms with van der Waals surface area (Å²) in [4.78, 5) is 15.6. The Morgan fingerprint density at radius 3 is 2.65 bits per heavy atom. The summed E-state index contributed by atoms with van der Waals surface area (Å²) in [5.41, 5.74) is 1.24. The Morgan fingerprint density at radius 2 is 2.00 bits per heavy atom. The lowest BCUT2D eigenvalue weighted by Gasteiger charge is -2.10. The van der Waals surface area contributed by atoms with Gasteiger partial charge in [0.05, 0.1) is 0 Å². The van der Waals surface area contributed by atoms with E-state index < -0.39 is 22.5 Å². The van der Waals surface area contributed by atoms with Crippen LogP contribution in [0.1, 0.15) is 11.1 Å². The van der Waals surface area contributed by atoms with E-state index in [-0.39, 0.29) is 5.03 Å². The van der Waals surface area contributed by atoms with Crippen LogP contribution in [0.15, 0.2) is 41.6 Å². The molecule has 0 spiro atoms. The molecule has 1 aromatic heterocycles. The maximum atomic E-state index is 12.1. The van der Waals surface area contributed by atoms with Gasteiger partial charge in [0, 0.05) is 11.2 Å². The van der Waals surface area contributed by atoms with Crippen LogP contribution in [0.3, 0.4) is 0 Å². The van der Waals surface area contributed by atoms with Gasteiger partial charge in [-0.25, -0.2) is 9.71 Å². The molecule has 0 radical (unpaired) electrons. The Labute approximate surface area is 139 Å². The van der Waals surface area contributed by atoms with Crippen molar-refractivity contribution in [2.45, 2.75) is 18.9 Å². The van der Waals surface area contributed by atoms with Crippen LogP contribution >= 0.6 is 11.6 Å².